The van der Waals surface area contributed by atoms with Gasteiger partial charge in [0.2, 0.25) is 0 Å². The molecule has 4 heteroatoms. The fourth-order valence-electron chi connectivity index (χ4n) is 2.25. The summed E-state index contributed by atoms with van der Waals surface area (Å²) < 4.78 is 6.25. The molecule has 104 valence electrons. The molecule has 0 aromatic heterocycles. The fraction of sp³-hybridized carbons (Fsp3) is 0.533. The van der Waals surface area contributed by atoms with Crippen LogP contribution in [0.3, 0.4) is 0 Å². The van der Waals surface area contributed by atoms with E-state index in [1.807, 2.05) is 25.1 Å². The van der Waals surface area contributed by atoms with E-state index in [-0.39, 0.29) is 11.3 Å². The Morgan fingerprint density at radius 1 is 1.42 bits per heavy atom. The van der Waals surface area contributed by atoms with Crippen LogP contribution in [0.2, 0.25) is 0 Å². The van der Waals surface area contributed by atoms with Gasteiger partial charge in [0.05, 0.1) is 5.56 Å². The van der Waals surface area contributed by atoms with Crippen molar-refractivity contribution in [1.29, 1.82) is 0 Å². The van der Waals surface area contributed by atoms with Gasteiger partial charge >= 0.3 is 0 Å². The first-order chi connectivity index (χ1) is 9.02. The molecule has 0 aliphatic carbocycles. The molecule has 2 rings (SSSR count). The highest BCUT2D eigenvalue weighted by molar-refractivity contribution is 9.10. The maximum Gasteiger partial charge on any atom is 0.252 e. The van der Waals surface area contributed by atoms with E-state index >= 15 is 0 Å². The van der Waals surface area contributed by atoms with Gasteiger partial charge in [0.25, 0.3) is 5.91 Å². The minimum Gasteiger partial charge on any atom is -0.381 e. The Bertz CT molecular complexity index is 467. The Balaban J connectivity index is 1.99. The molecule has 1 heterocycles. The van der Waals surface area contributed by atoms with Crippen LogP contribution in [-0.4, -0.2) is 25.7 Å². The highest BCUT2D eigenvalue weighted by Gasteiger charge is 2.28. The zero-order valence-corrected chi connectivity index (χ0v) is 13.0. The second kappa shape index (κ2) is 6.06. The van der Waals surface area contributed by atoms with Crippen LogP contribution in [0, 0.1) is 12.3 Å². The van der Waals surface area contributed by atoms with E-state index in [9.17, 15) is 4.79 Å². The number of amides is 1. The van der Waals surface area contributed by atoms with E-state index in [1.165, 1.54) is 0 Å². The third kappa shape index (κ3) is 3.57. The molecular weight excluding hydrogens is 306 g/mol. The molecule has 0 bridgehead atoms. The Morgan fingerprint density at radius 3 is 2.79 bits per heavy atom. The minimum absolute atomic E-state index is 0.0108. The average molecular weight is 326 g/mol. The molecule has 1 saturated heterocycles. The summed E-state index contributed by atoms with van der Waals surface area (Å²) >= 11 is 3.48. The predicted octanol–water partition coefficient (Wildman–Crippen LogP) is 3.30. The number of carbonyl (C=O) groups is 1. The van der Waals surface area contributed by atoms with Gasteiger partial charge in [-0.3, -0.25) is 4.79 Å². The van der Waals surface area contributed by atoms with Gasteiger partial charge in [-0.25, -0.2) is 0 Å². The molecule has 1 aliphatic heterocycles. The van der Waals surface area contributed by atoms with Crippen molar-refractivity contribution in [2.75, 3.05) is 19.8 Å². The van der Waals surface area contributed by atoms with E-state index in [4.69, 9.17) is 4.74 Å². The third-order valence-corrected chi connectivity index (χ3v) is 4.86. The number of rotatable bonds is 3. The standard InChI is InChI=1S/C15H20BrNO2/c1-11-4-3-5-12(13(11)16)14(18)17-10-15(2)6-8-19-9-7-15/h3-5H,6-10H2,1-2H3,(H,17,18). The van der Waals surface area contributed by atoms with Crippen LogP contribution in [-0.2, 0) is 4.74 Å². The molecule has 0 unspecified atom stereocenters. The molecule has 0 atom stereocenters. The lowest BCUT2D eigenvalue weighted by Crippen LogP contribution is -2.39. The minimum atomic E-state index is -0.0108. The topological polar surface area (TPSA) is 38.3 Å². The number of aryl methyl sites for hydroxylation is 1. The van der Waals surface area contributed by atoms with E-state index in [2.05, 4.69) is 28.2 Å². The second-order valence-corrected chi connectivity index (χ2v) is 6.34. The summed E-state index contributed by atoms with van der Waals surface area (Å²) in [4.78, 5) is 12.2. The van der Waals surface area contributed by atoms with Crippen molar-refractivity contribution in [3.8, 4) is 0 Å². The van der Waals surface area contributed by atoms with E-state index in [1.54, 1.807) is 0 Å². The molecular formula is C15H20BrNO2. The number of halogens is 1. The molecule has 1 fully saturated rings. The third-order valence-electron chi connectivity index (χ3n) is 3.81. The number of benzene rings is 1. The van der Waals surface area contributed by atoms with E-state index < -0.39 is 0 Å². The zero-order chi connectivity index (χ0) is 13.9. The van der Waals surface area contributed by atoms with Crippen molar-refractivity contribution in [3.63, 3.8) is 0 Å². The van der Waals surface area contributed by atoms with Crippen molar-refractivity contribution in [3.05, 3.63) is 33.8 Å². The molecule has 0 saturated carbocycles. The Labute approximate surface area is 122 Å². The summed E-state index contributed by atoms with van der Waals surface area (Å²) in [6.07, 6.45) is 2.00. The summed E-state index contributed by atoms with van der Waals surface area (Å²) in [7, 11) is 0. The first-order valence-electron chi connectivity index (χ1n) is 6.63. The van der Waals surface area contributed by atoms with Crippen LogP contribution >= 0.6 is 15.9 Å². The molecule has 19 heavy (non-hydrogen) atoms. The van der Waals surface area contributed by atoms with Gasteiger partial charge in [0.15, 0.2) is 0 Å². The maximum atomic E-state index is 12.2. The highest BCUT2D eigenvalue weighted by atomic mass is 79.9. The average Bonchev–Trinajstić information content (AvgIpc) is 2.40. The quantitative estimate of drug-likeness (QED) is 0.925. The number of ether oxygens (including phenoxy) is 1. The highest BCUT2D eigenvalue weighted by Crippen LogP contribution is 2.29. The lowest BCUT2D eigenvalue weighted by atomic mass is 9.82. The molecule has 1 amide bonds. The monoisotopic (exact) mass is 325 g/mol. The van der Waals surface area contributed by atoms with Gasteiger partial charge < -0.3 is 10.1 Å². The Kier molecular flexibility index (Phi) is 4.63. The smallest absolute Gasteiger partial charge is 0.252 e. The van der Waals surface area contributed by atoms with Crippen molar-refractivity contribution >= 4 is 21.8 Å². The van der Waals surface area contributed by atoms with Gasteiger partial charge in [0, 0.05) is 24.2 Å². The van der Waals surface area contributed by atoms with Crippen LogP contribution in [0.15, 0.2) is 22.7 Å². The summed E-state index contributed by atoms with van der Waals surface area (Å²) in [5.41, 5.74) is 1.94. The lowest BCUT2D eigenvalue weighted by molar-refractivity contribution is 0.0238. The molecule has 1 aromatic carbocycles. The van der Waals surface area contributed by atoms with Crippen molar-refractivity contribution in [2.24, 2.45) is 5.41 Å². The first-order valence-corrected chi connectivity index (χ1v) is 7.42. The summed E-state index contributed by atoms with van der Waals surface area (Å²) in [5, 5.41) is 3.05. The SMILES string of the molecule is Cc1cccc(C(=O)NCC2(C)CCOCC2)c1Br. The van der Waals surface area contributed by atoms with Crippen molar-refractivity contribution < 1.29 is 9.53 Å². The zero-order valence-electron chi connectivity index (χ0n) is 11.5. The molecule has 1 aliphatic rings. The van der Waals surface area contributed by atoms with Crippen LogP contribution in [0.25, 0.3) is 0 Å². The van der Waals surface area contributed by atoms with E-state index in [0.717, 1.165) is 36.1 Å². The second-order valence-electron chi connectivity index (χ2n) is 5.54. The van der Waals surface area contributed by atoms with Crippen molar-refractivity contribution in [2.45, 2.75) is 26.7 Å². The molecule has 3 nitrogen and oxygen atoms in total. The van der Waals surface area contributed by atoms with Gasteiger partial charge in [-0.05, 0) is 52.7 Å². The number of nitrogens with one attached hydrogen (secondary N) is 1. The molecule has 0 spiro atoms. The van der Waals surface area contributed by atoms with Crippen molar-refractivity contribution in [1.82, 2.24) is 5.32 Å². The molecule has 0 radical (unpaired) electrons. The summed E-state index contributed by atoms with van der Waals surface area (Å²) in [5.74, 6) is -0.0108. The maximum absolute atomic E-state index is 12.2. The summed E-state index contributed by atoms with van der Waals surface area (Å²) in [6.45, 7) is 6.48. The fourth-order valence-corrected chi connectivity index (χ4v) is 2.70. The van der Waals surface area contributed by atoms with Gasteiger partial charge in [-0.2, -0.15) is 0 Å². The van der Waals surface area contributed by atoms with Crippen LogP contribution in [0.1, 0.15) is 35.7 Å². The van der Waals surface area contributed by atoms with Gasteiger partial charge in [-0.15, -0.1) is 0 Å². The first kappa shape index (κ1) is 14.5. The molecule has 1 N–H and O–H groups in total. The molecule has 1 aromatic rings. The van der Waals surface area contributed by atoms with Crippen LogP contribution in [0.5, 0.6) is 0 Å². The van der Waals surface area contributed by atoms with Crippen LogP contribution in [0.4, 0.5) is 0 Å². The van der Waals surface area contributed by atoms with Crippen LogP contribution < -0.4 is 5.32 Å². The normalized spacial score (nSPS) is 18.1. The Hall–Kier alpha value is -0.870. The number of carbonyl (C=O) groups excluding carboxylic acids is 1. The number of hydrogen-bond donors (Lipinski definition) is 1. The lowest BCUT2D eigenvalue weighted by Gasteiger charge is -2.33. The Morgan fingerprint density at radius 2 is 2.11 bits per heavy atom. The summed E-state index contributed by atoms with van der Waals surface area (Å²) in [6, 6.07) is 5.74. The van der Waals surface area contributed by atoms with Gasteiger partial charge in [-0.1, -0.05) is 19.1 Å². The van der Waals surface area contributed by atoms with Gasteiger partial charge in [0.1, 0.15) is 0 Å². The largest absolute Gasteiger partial charge is 0.381 e. The van der Waals surface area contributed by atoms with E-state index in [0.29, 0.717) is 12.1 Å². The number of hydrogen-bond acceptors (Lipinski definition) is 2. The predicted molar refractivity (Wildman–Crippen MR) is 79.4 cm³/mol.